The van der Waals surface area contributed by atoms with E-state index in [-0.39, 0.29) is 0 Å². The van der Waals surface area contributed by atoms with Gasteiger partial charge in [0.25, 0.3) is 0 Å². The maximum atomic E-state index is 15.1. The molecular formula is C29H25OP. The zero-order chi connectivity index (χ0) is 21.4. The zero-order valence-corrected chi connectivity index (χ0v) is 18.6. The molecule has 1 atom stereocenters. The van der Waals surface area contributed by atoms with E-state index in [2.05, 4.69) is 79.4 Å². The Morgan fingerprint density at radius 2 is 1.65 bits per heavy atom. The second-order valence-electron chi connectivity index (χ2n) is 7.99. The Morgan fingerprint density at radius 3 is 2.32 bits per heavy atom. The topological polar surface area (TPSA) is 17.1 Å². The van der Waals surface area contributed by atoms with Gasteiger partial charge in [-0.2, -0.15) is 0 Å². The first kappa shape index (κ1) is 19.8. The van der Waals surface area contributed by atoms with Crippen molar-refractivity contribution in [2.45, 2.75) is 19.8 Å². The van der Waals surface area contributed by atoms with E-state index in [4.69, 9.17) is 0 Å². The maximum absolute atomic E-state index is 15.1. The Morgan fingerprint density at radius 1 is 0.935 bits per heavy atom. The average Bonchev–Trinajstić information content (AvgIpc) is 2.82. The van der Waals surface area contributed by atoms with Crippen LogP contribution in [0.5, 0.6) is 0 Å². The van der Waals surface area contributed by atoms with Gasteiger partial charge in [-0.05, 0) is 58.1 Å². The fourth-order valence-electron chi connectivity index (χ4n) is 4.81. The lowest BCUT2D eigenvalue weighted by Gasteiger charge is -2.25. The van der Waals surface area contributed by atoms with Crippen LogP contribution >= 0.6 is 7.14 Å². The molecule has 5 rings (SSSR count). The van der Waals surface area contributed by atoms with Gasteiger partial charge in [0, 0.05) is 15.9 Å². The Kier molecular flexibility index (Phi) is 5.00. The normalized spacial score (nSPS) is 16.9. The predicted molar refractivity (Wildman–Crippen MR) is 137 cm³/mol. The highest BCUT2D eigenvalue weighted by Crippen LogP contribution is 2.62. The smallest absolute Gasteiger partial charge is 0.171 e. The van der Waals surface area contributed by atoms with Crippen LogP contribution in [-0.2, 0) is 4.57 Å². The minimum Gasteiger partial charge on any atom is -0.309 e. The van der Waals surface area contributed by atoms with E-state index in [0.29, 0.717) is 0 Å². The van der Waals surface area contributed by atoms with Crippen molar-refractivity contribution in [1.29, 1.82) is 0 Å². The molecule has 0 aliphatic heterocycles. The molecule has 0 N–H and O–H groups in total. The Hall–Kier alpha value is -3.15. The molecule has 0 aromatic heterocycles. The van der Waals surface area contributed by atoms with Gasteiger partial charge in [-0.3, -0.25) is 0 Å². The van der Waals surface area contributed by atoms with Crippen molar-refractivity contribution in [3.8, 4) is 0 Å². The molecule has 0 bridgehead atoms. The van der Waals surface area contributed by atoms with Crippen LogP contribution in [0.25, 0.3) is 32.3 Å². The Labute approximate surface area is 183 Å². The zero-order valence-electron chi connectivity index (χ0n) is 17.7. The average molecular weight is 420 g/mol. The Balaban J connectivity index is 1.93. The highest BCUT2D eigenvalue weighted by molar-refractivity contribution is 7.80. The standard InChI is InChI=1S/C29H25OP/c1-3-9-24(10-4-2)31(30,25-13-6-5-7-14-25)27-20-18-23-16-15-21-11-8-12-22-17-19-26(27)29(23)28(21)22/h3-4,6,8-20H,1,5,7H2,2H3/b10-4-,24-9+. The molecule has 2 heteroatoms. The van der Waals surface area contributed by atoms with E-state index >= 15 is 4.57 Å². The van der Waals surface area contributed by atoms with Crippen molar-refractivity contribution < 1.29 is 4.57 Å². The van der Waals surface area contributed by atoms with Crippen LogP contribution in [0.3, 0.4) is 0 Å². The lowest BCUT2D eigenvalue weighted by atomic mass is 9.94. The number of hydrogen-bond donors (Lipinski definition) is 0. The lowest BCUT2D eigenvalue weighted by molar-refractivity contribution is 0.589. The monoisotopic (exact) mass is 420 g/mol. The summed E-state index contributed by atoms with van der Waals surface area (Å²) in [5.41, 5.74) is 0. The highest BCUT2D eigenvalue weighted by atomic mass is 31.2. The third kappa shape index (κ3) is 3.04. The first-order valence-electron chi connectivity index (χ1n) is 10.8. The SMILES string of the molecule is C=C/C=C(\C=C/C)P(=O)(C1=CCCC=C1)c1ccc2ccc3cccc4ccc1c2c34. The molecule has 1 nitrogen and oxygen atoms in total. The molecule has 4 aromatic rings. The number of rotatable bonds is 5. The quantitative estimate of drug-likeness (QED) is 0.180. The molecule has 0 radical (unpaired) electrons. The van der Waals surface area contributed by atoms with E-state index in [0.717, 1.165) is 34.2 Å². The minimum atomic E-state index is -3.07. The molecule has 152 valence electrons. The van der Waals surface area contributed by atoms with Gasteiger partial charge in [0.2, 0.25) is 0 Å². The first-order chi connectivity index (χ1) is 15.2. The predicted octanol–water partition coefficient (Wildman–Crippen LogP) is 8.45. The van der Waals surface area contributed by atoms with Crippen molar-refractivity contribution in [2.75, 3.05) is 0 Å². The summed E-state index contributed by atoms with van der Waals surface area (Å²) < 4.78 is 15.1. The summed E-state index contributed by atoms with van der Waals surface area (Å²) in [7, 11) is -3.07. The van der Waals surface area contributed by atoms with E-state index in [1.165, 1.54) is 26.9 Å². The molecule has 0 heterocycles. The summed E-state index contributed by atoms with van der Waals surface area (Å²) in [5.74, 6) is 0. The van der Waals surface area contributed by atoms with Crippen LogP contribution in [0.15, 0.2) is 114 Å². The van der Waals surface area contributed by atoms with E-state index in [1.807, 2.05) is 25.2 Å². The van der Waals surface area contributed by atoms with Gasteiger partial charge in [-0.1, -0.05) is 97.6 Å². The van der Waals surface area contributed by atoms with E-state index in [9.17, 15) is 0 Å². The van der Waals surface area contributed by atoms with Gasteiger partial charge in [0.15, 0.2) is 7.14 Å². The molecule has 4 aromatic carbocycles. The van der Waals surface area contributed by atoms with Crippen molar-refractivity contribution >= 4 is 44.8 Å². The molecular weight excluding hydrogens is 395 g/mol. The summed E-state index contributed by atoms with van der Waals surface area (Å²) in [6, 6.07) is 19.3. The van der Waals surface area contributed by atoms with Crippen molar-refractivity contribution in [3.63, 3.8) is 0 Å². The maximum Gasteiger partial charge on any atom is 0.171 e. The molecule has 1 unspecified atom stereocenters. The van der Waals surface area contributed by atoms with Crippen LogP contribution in [0.4, 0.5) is 0 Å². The van der Waals surface area contributed by atoms with Crippen LogP contribution in [0, 0.1) is 0 Å². The van der Waals surface area contributed by atoms with Gasteiger partial charge in [0.1, 0.15) is 0 Å². The third-order valence-electron chi connectivity index (χ3n) is 6.17. The summed E-state index contributed by atoms with van der Waals surface area (Å²) in [6.45, 7) is 5.86. The summed E-state index contributed by atoms with van der Waals surface area (Å²) in [4.78, 5) is 0. The molecule has 0 spiro atoms. The van der Waals surface area contributed by atoms with Crippen LogP contribution in [0.2, 0.25) is 0 Å². The minimum absolute atomic E-state index is 0.817. The molecule has 0 saturated heterocycles. The molecule has 1 aliphatic carbocycles. The second kappa shape index (κ2) is 7.84. The van der Waals surface area contributed by atoms with Crippen LogP contribution in [-0.4, -0.2) is 0 Å². The van der Waals surface area contributed by atoms with Crippen molar-refractivity contribution in [2.24, 2.45) is 0 Å². The number of hydrogen-bond acceptors (Lipinski definition) is 1. The van der Waals surface area contributed by atoms with Crippen molar-refractivity contribution in [3.05, 3.63) is 114 Å². The van der Waals surface area contributed by atoms with Crippen molar-refractivity contribution in [1.82, 2.24) is 0 Å². The Bertz CT molecular complexity index is 1460. The lowest BCUT2D eigenvalue weighted by Crippen LogP contribution is -2.10. The molecule has 1 aliphatic rings. The molecule has 0 amide bonds. The summed E-state index contributed by atoms with van der Waals surface area (Å²) >= 11 is 0. The van der Waals surface area contributed by atoms with E-state index in [1.54, 1.807) is 6.08 Å². The highest BCUT2D eigenvalue weighted by Gasteiger charge is 2.33. The molecule has 0 fully saturated rings. The van der Waals surface area contributed by atoms with Crippen LogP contribution < -0.4 is 5.30 Å². The number of benzene rings is 4. The molecule has 31 heavy (non-hydrogen) atoms. The number of allylic oxidation sites excluding steroid dienone is 9. The van der Waals surface area contributed by atoms with Gasteiger partial charge in [0.05, 0.1) is 0 Å². The largest absolute Gasteiger partial charge is 0.309 e. The molecule has 0 saturated carbocycles. The van der Waals surface area contributed by atoms with Gasteiger partial charge < -0.3 is 4.57 Å². The second-order valence-corrected chi connectivity index (χ2v) is 10.7. The third-order valence-corrected chi connectivity index (χ3v) is 9.33. The summed E-state index contributed by atoms with van der Waals surface area (Å²) in [6.07, 6.45) is 15.8. The summed E-state index contributed by atoms with van der Waals surface area (Å²) in [5, 5.41) is 9.78. The van der Waals surface area contributed by atoms with Crippen LogP contribution in [0.1, 0.15) is 19.8 Å². The van der Waals surface area contributed by atoms with Gasteiger partial charge in [-0.25, -0.2) is 0 Å². The fraction of sp³-hybridized carbons (Fsp3) is 0.103. The fourth-order valence-corrected chi connectivity index (χ4v) is 7.85. The van der Waals surface area contributed by atoms with Gasteiger partial charge >= 0.3 is 0 Å². The van der Waals surface area contributed by atoms with Gasteiger partial charge in [-0.15, -0.1) is 0 Å². The van der Waals surface area contributed by atoms with E-state index < -0.39 is 7.14 Å². The first-order valence-corrected chi connectivity index (χ1v) is 12.5.